The van der Waals surface area contributed by atoms with E-state index < -0.39 is 5.97 Å². The Bertz CT molecular complexity index is 505. The fraction of sp³-hybridized carbons (Fsp3) is 0.222. The lowest BCUT2D eigenvalue weighted by molar-refractivity contribution is 0.0692. The van der Waals surface area contributed by atoms with Crippen molar-refractivity contribution >= 4 is 28.0 Å². The minimum Gasteiger partial charge on any atom is -0.476 e. The van der Waals surface area contributed by atoms with Crippen LogP contribution in [0.3, 0.4) is 0 Å². The van der Waals surface area contributed by atoms with Gasteiger partial charge in [-0.3, -0.25) is 4.68 Å². The van der Waals surface area contributed by atoms with Crippen molar-refractivity contribution in [3.05, 3.63) is 23.6 Å². The van der Waals surface area contributed by atoms with Crippen molar-refractivity contribution in [3.63, 3.8) is 0 Å². The number of nitrogens with zero attached hydrogens (tertiary/aromatic N) is 3. The molecule has 16 heavy (non-hydrogen) atoms. The third-order valence-corrected chi connectivity index (χ3v) is 2.73. The van der Waals surface area contributed by atoms with Crippen LogP contribution in [0, 0.1) is 0 Å². The summed E-state index contributed by atoms with van der Waals surface area (Å²) in [4.78, 5) is 14.6. The molecule has 2 aromatic heterocycles. The maximum absolute atomic E-state index is 10.8. The Hall–Kier alpha value is -1.89. The molecule has 2 heterocycles. The van der Waals surface area contributed by atoms with Gasteiger partial charge >= 0.3 is 5.97 Å². The van der Waals surface area contributed by atoms with Crippen LogP contribution in [0.15, 0.2) is 17.9 Å². The third-order valence-electron chi connectivity index (χ3n) is 1.99. The zero-order valence-electron chi connectivity index (χ0n) is 8.54. The number of aromatic carboxylic acids is 1. The molecular formula is C9H10N4O2S. The first-order valence-corrected chi connectivity index (χ1v) is 5.55. The highest BCUT2D eigenvalue weighted by molar-refractivity contribution is 7.14. The van der Waals surface area contributed by atoms with E-state index in [1.807, 2.05) is 13.1 Å². The number of carboxylic acid groups (broad SMARTS) is 1. The summed E-state index contributed by atoms with van der Waals surface area (Å²) in [5, 5.41) is 16.4. The van der Waals surface area contributed by atoms with Gasteiger partial charge in [0.25, 0.3) is 0 Å². The molecule has 0 aliphatic rings. The van der Waals surface area contributed by atoms with Gasteiger partial charge in [-0.25, -0.2) is 9.78 Å². The molecule has 2 aromatic rings. The molecule has 2 N–H and O–H groups in total. The standard InChI is InChI=1S/C9H10N4O2S/c1-2-13-4-6(3-11-13)12-8-7(9(14)15)10-5-16-8/h3-5,12H,2H2,1H3,(H,14,15). The molecule has 84 valence electrons. The Labute approximate surface area is 95.6 Å². The van der Waals surface area contributed by atoms with Crippen LogP contribution >= 0.6 is 11.3 Å². The maximum Gasteiger partial charge on any atom is 0.357 e. The van der Waals surface area contributed by atoms with Crippen molar-refractivity contribution in [1.82, 2.24) is 14.8 Å². The average molecular weight is 238 g/mol. The molecule has 0 unspecified atom stereocenters. The number of nitrogens with one attached hydrogen (secondary N) is 1. The second-order valence-corrected chi connectivity index (χ2v) is 3.90. The molecule has 0 radical (unpaired) electrons. The molecule has 0 spiro atoms. The number of carbonyl (C=O) groups is 1. The summed E-state index contributed by atoms with van der Waals surface area (Å²) < 4.78 is 1.75. The Balaban J connectivity index is 2.20. The van der Waals surface area contributed by atoms with E-state index >= 15 is 0 Å². The van der Waals surface area contributed by atoms with Gasteiger partial charge in [0.1, 0.15) is 5.00 Å². The van der Waals surface area contributed by atoms with E-state index in [-0.39, 0.29) is 5.69 Å². The van der Waals surface area contributed by atoms with E-state index in [9.17, 15) is 4.79 Å². The van der Waals surface area contributed by atoms with Gasteiger partial charge in [0, 0.05) is 12.7 Å². The lowest BCUT2D eigenvalue weighted by Gasteiger charge is -1.99. The molecule has 0 bridgehead atoms. The van der Waals surface area contributed by atoms with E-state index in [4.69, 9.17) is 5.11 Å². The van der Waals surface area contributed by atoms with E-state index in [1.165, 1.54) is 16.8 Å². The minimum atomic E-state index is -1.04. The lowest BCUT2D eigenvalue weighted by Crippen LogP contribution is -2.00. The van der Waals surface area contributed by atoms with Crippen LogP contribution < -0.4 is 5.32 Å². The van der Waals surface area contributed by atoms with Gasteiger partial charge in [-0.1, -0.05) is 0 Å². The van der Waals surface area contributed by atoms with Crippen molar-refractivity contribution < 1.29 is 9.90 Å². The molecule has 0 aromatic carbocycles. The van der Waals surface area contributed by atoms with Crippen molar-refractivity contribution in [2.75, 3.05) is 5.32 Å². The SMILES string of the molecule is CCn1cc(Nc2scnc2C(=O)O)cn1. The topological polar surface area (TPSA) is 80.0 Å². The molecular weight excluding hydrogens is 228 g/mol. The Morgan fingerprint density at radius 2 is 2.50 bits per heavy atom. The molecule has 0 saturated heterocycles. The molecule has 0 aliphatic heterocycles. The van der Waals surface area contributed by atoms with E-state index in [1.54, 1.807) is 10.9 Å². The summed E-state index contributed by atoms with van der Waals surface area (Å²) in [6.45, 7) is 2.75. The predicted molar refractivity (Wildman–Crippen MR) is 60.3 cm³/mol. The quantitative estimate of drug-likeness (QED) is 0.849. The fourth-order valence-corrected chi connectivity index (χ4v) is 1.91. The molecule has 0 aliphatic carbocycles. The first-order valence-electron chi connectivity index (χ1n) is 4.67. The highest BCUT2D eigenvalue weighted by Gasteiger charge is 2.13. The number of rotatable bonds is 4. The van der Waals surface area contributed by atoms with Crippen LogP contribution in [0.4, 0.5) is 10.7 Å². The predicted octanol–water partition coefficient (Wildman–Crippen LogP) is 1.80. The highest BCUT2D eigenvalue weighted by Crippen LogP contribution is 2.24. The van der Waals surface area contributed by atoms with Crippen LogP contribution in [0.5, 0.6) is 0 Å². The normalized spacial score (nSPS) is 10.3. The summed E-state index contributed by atoms with van der Waals surface area (Å²) in [5.74, 6) is -1.04. The smallest absolute Gasteiger partial charge is 0.357 e. The van der Waals surface area contributed by atoms with E-state index in [0.29, 0.717) is 5.00 Å². The maximum atomic E-state index is 10.8. The molecule has 0 amide bonds. The van der Waals surface area contributed by atoms with Crippen molar-refractivity contribution in [1.29, 1.82) is 0 Å². The zero-order valence-corrected chi connectivity index (χ0v) is 9.36. The van der Waals surface area contributed by atoms with Gasteiger partial charge in [-0.15, -0.1) is 11.3 Å². The second kappa shape index (κ2) is 4.31. The van der Waals surface area contributed by atoms with Crippen LogP contribution in [0.2, 0.25) is 0 Å². The summed E-state index contributed by atoms with van der Waals surface area (Å²) in [5.41, 5.74) is 2.29. The number of aryl methyl sites for hydroxylation is 1. The number of carboxylic acids is 1. The summed E-state index contributed by atoms with van der Waals surface area (Å²) in [6, 6.07) is 0. The number of hydrogen-bond acceptors (Lipinski definition) is 5. The van der Waals surface area contributed by atoms with Gasteiger partial charge in [-0.05, 0) is 6.92 Å². The Morgan fingerprint density at radius 3 is 3.12 bits per heavy atom. The third kappa shape index (κ3) is 2.03. The van der Waals surface area contributed by atoms with Crippen LogP contribution in [-0.2, 0) is 6.54 Å². The first kappa shape index (κ1) is 10.6. The second-order valence-electron chi connectivity index (χ2n) is 3.04. The highest BCUT2D eigenvalue weighted by atomic mass is 32.1. The average Bonchev–Trinajstić information content (AvgIpc) is 2.87. The van der Waals surface area contributed by atoms with Crippen molar-refractivity contribution in [2.24, 2.45) is 0 Å². The molecule has 6 nitrogen and oxygen atoms in total. The number of thiazole rings is 1. The van der Waals surface area contributed by atoms with Crippen LogP contribution in [-0.4, -0.2) is 25.8 Å². The van der Waals surface area contributed by atoms with Crippen molar-refractivity contribution in [3.8, 4) is 0 Å². The molecule has 0 atom stereocenters. The van der Waals surface area contributed by atoms with Crippen molar-refractivity contribution in [2.45, 2.75) is 13.5 Å². The minimum absolute atomic E-state index is 0.0363. The molecule has 0 saturated carbocycles. The molecule has 7 heteroatoms. The van der Waals surface area contributed by atoms with Crippen LogP contribution in [0.25, 0.3) is 0 Å². The van der Waals surface area contributed by atoms with Crippen LogP contribution in [0.1, 0.15) is 17.4 Å². The fourth-order valence-electron chi connectivity index (χ4n) is 1.22. The lowest BCUT2D eigenvalue weighted by atomic mass is 10.4. The summed E-state index contributed by atoms with van der Waals surface area (Å²) >= 11 is 1.25. The summed E-state index contributed by atoms with van der Waals surface area (Å²) in [7, 11) is 0. The zero-order chi connectivity index (χ0) is 11.5. The molecule has 0 fully saturated rings. The van der Waals surface area contributed by atoms with Gasteiger partial charge in [0.05, 0.1) is 17.4 Å². The Morgan fingerprint density at radius 1 is 1.69 bits per heavy atom. The van der Waals surface area contributed by atoms with Gasteiger partial charge < -0.3 is 10.4 Å². The number of aromatic nitrogens is 3. The largest absolute Gasteiger partial charge is 0.476 e. The Kier molecular flexibility index (Phi) is 2.86. The van der Waals surface area contributed by atoms with E-state index in [2.05, 4.69) is 15.4 Å². The van der Waals surface area contributed by atoms with Gasteiger partial charge in [-0.2, -0.15) is 5.10 Å². The first-order chi connectivity index (χ1) is 7.70. The molecule has 2 rings (SSSR count). The number of hydrogen-bond donors (Lipinski definition) is 2. The monoisotopic (exact) mass is 238 g/mol. The van der Waals surface area contributed by atoms with Gasteiger partial charge in [0.15, 0.2) is 5.69 Å². The number of anilines is 2. The van der Waals surface area contributed by atoms with E-state index in [0.717, 1.165) is 12.2 Å². The summed E-state index contributed by atoms with van der Waals surface area (Å²) in [6.07, 6.45) is 3.46. The van der Waals surface area contributed by atoms with Gasteiger partial charge in [0.2, 0.25) is 0 Å².